The minimum atomic E-state index is -0.467. The topological polar surface area (TPSA) is 104 Å². The average molecular weight is 509 g/mol. The number of carbonyl (C=O) groups is 1. The number of nitrogens with one attached hydrogen (secondary N) is 3. The van der Waals surface area contributed by atoms with Crippen LogP contribution in [-0.4, -0.2) is 37.2 Å². The van der Waals surface area contributed by atoms with Crippen LogP contribution in [0.1, 0.15) is 21.7 Å². The summed E-state index contributed by atoms with van der Waals surface area (Å²) < 4.78 is 15.9. The molecule has 1 amide bonds. The number of halogens is 1. The van der Waals surface area contributed by atoms with Crippen molar-refractivity contribution in [3.05, 3.63) is 102 Å². The van der Waals surface area contributed by atoms with E-state index in [1.165, 1.54) is 6.07 Å². The van der Waals surface area contributed by atoms with Crippen molar-refractivity contribution in [2.75, 3.05) is 22.1 Å². The molecule has 0 aliphatic carbocycles. The Morgan fingerprint density at radius 3 is 2.71 bits per heavy atom. The van der Waals surface area contributed by atoms with Gasteiger partial charge in [0.25, 0.3) is 5.91 Å². The molecule has 10 heteroatoms. The third kappa shape index (κ3) is 4.59. The lowest BCUT2D eigenvalue weighted by atomic mass is 10.1. The van der Waals surface area contributed by atoms with Crippen LogP contribution in [0.4, 0.5) is 27.5 Å². The summed E-state index contributed by atoms with van der Waals surface area (Å²) in [5.74, 6) is 0.480. The van der Waals surface area contributed by atoms with E-state index in [1.54, 1.807) is 30.6 Å². The summed E-state index contributed by atoms with van der Waals surface area (Å²) in [4.78, 5) is 24.2. The monoisotopic (exact) mass is 508 g/mol. The molecule has 0 fully saturated rings. The van der Waals surface area contributed by atoms with Crippen molar-refractivity contribution in [1.82, 2.24) is 24.7 Å². The van der Waals surface area contributed by atoms with Crippen LogP contribution in [0.2, 0.25) is 0 Å². The summed E-state index contributed by atoms with van der Waals surface area (Å²) in [7, 11) is 1.85. The molecule has 0 unspecified atom stereocenters. The van der Waals surface area contributed by atoms with E-state index >= 15 is 0 Å². The molecule has 0 atom stereocenters. The lowest BCUT2D eigenvalue weighted by Crippen LogP contribution is -2.32. The number of aromatic amines is 1. The summed E-state index contributed by atoms with van der Waals surface area (Å²) in [5, 5.41) is 12.8. The first-order valence-corrected chi connectivity index (χ1v) is 12.2. The molecule has 0 saturated carbocycles. The number of aromatic nitrogens is 5. The number of para-hydroxylation sites is 1. The molecule has 1 aliphatic rings. The zero-order valence-corrected chi connectivity index (χ0v) is 20.6. The van der Waals surface area contributed by atoms with Gasteiger partial charge in [-0.15, -0.1) is 0 Å². The normalized spacial score (nSPS) is 12.7. The first-order valence-electron chi connectivity index (χ1n) is 12.2. The Hall–Kier alpha value is -4.99. The maximum Gasteiger partial charge on any atom is 0.272 e. The van der Waals surface area contributed by atoms with Gasteiger partial charge in [0.05, 0.1) is 18.4 Å². The number of fused-ring (bicyclic) bond motifs is 1. The molecule has 0 bridgehead atoms. The van der Waals surface area contributed by atoms with E-state index in [1.807, 2.05) is 54.2 Å². The van der Waals surface area contributed by atoms with Crippen LogP contribution < -0.4 is 15.5 Å². The third-order valence-electron chi connectivity index (χ3n) is 6.71. The quantitative estimate of drug-likeness (QED) is 0.301. The minimum absolute atomic E-state index is 0.159. The Morgan fingerprint density at radius 2 is 1.92 bits per heavy atom. The molecule has 38 heavy (non-hydrogen) atoms. The van der Waals surface area contributed by atoms with E-state index in [0.717, 1.165) is 34.5 Å². The van der Waals surface area contributed by atoms with Gasteiger partial charge in [-0.2, -0.15) is 10.1 Å². The molecular formula is C28H25FN8O. The highest BCUT2D eigenvalue weighted by Gasteiger charge is 2.25. The zero-order chi connectivity index (χ0) is 26.1. The molecule has 5 aromatic rings. The molecular weight excluding hydrogens is 483 g/mol. The predicted octanol–water partition coefficient (Wildman–Crippen LogP) is 4.90. The maximum atomic E-state index is 14.0. The number of hydrogen-bond donors (Lipinski definition) is 3. The highest BCUT2D eigenvalue weighted by Crippen LogP contribution is 2.27. The van der Waals surface area contributed by atoms with E-state index in [0.29, 0.717) is 30.5 Å². The number of amides is 1. The molecule has 190 valence electrons. The zero-order valence-electron chi connectivity index (χ0n) is 20.6. The average Bonchev–Trinajstić information content (AvgIpc) is 3.59. The fraction of sp³-hybridized carbons (Fsp3) is 0.143. The van der Waals surface area contributed by atoms with Crippen LogP contribution in [-0.2, 0) is 20.0 Å². The minimum Gasteiger partial charge on any atom is -0.342 e. The molecule has 6 rings (SSSR count). The van der Waals surface area contributed by atoms with Crippen LogP contribution in [0.3, 0.4) is 0 Å². The number of carbonyl (C=O) groups excluding carboxylic acids is 1. The lowest BCUT2D eigenvalue weighted by molar-refractivity contribution is 0.101. The van der Waals surface area contributed by atoms with E-state index in [-0.39, 0.29) is 11.6 Å². The number of nitrogens with zero attached hydrogens (tertiary/aromatic N) is 5. The van der Waals surface area contributed by atoms with E-state index in [2.05, 4.69) is 30.7 Å². The molecule has 2 aromatic carbocycles. The Kier molecular flexibility index (Phi) is 6.04. The SMILES string of the molecule is Cn1c(C(=O)Nc2ccccc2F)cc2c1CN(c1nccc(Nc3ccc(-c4cn[nH]c4)cc3)n1)CC2. The van der Waals surface area contributed by atoms with Crippen LogP contribution in [0.15, 0.2) is 79.3 Å². The van der Waals surface area contributed by atoms with Gasteiger partial charge in [0.1, 0.15) is 17.3 Å². The second-order valence-corrected chi connectivity index (χ2v) is 9.10. The van der Waals surface area contributed by atoms with Crippen molar-refractivity contribution < 1.29 is 9.18 Å². The van der Waals surface area contributed by atoms with Crippen molar-refractivity contribution in [3.63, 3.8) is 0 Å². The number of H-pyrrole nitrogens is 1. The van der Waals surface area contributed by atoms with Gasteiger partial charge in [0, 0.05) is 42.9 Å². The van der Waals surface area contributed by atoms with Crippen molar-refractivity contribution in [1.29, 1.82) is 0 Å². The first-order chi connectivity index (χ1) is 18.5. The van der Waals surface area contributed by atoms with Crippen LogP contribution >= 0.6 is 0 Å². The van der Waals surface area contributed by atoms with E-state index in [4.69, 9.17) is 4.98 Å². The fourth-order valence-electron chi connectivity index (χ4n) is 4.66. The Labute approximate surface area is 218 Å². The summed E-state index contributed by atoms with van der Waals surface area (Å²) in [6.45, 7) is 1.27. The second-order valence-electron chi connectivity index (χ2n) is 9.10. The van der Waals surface area contributed by atoms with E-state index < -0.39 is 5.82 Å². The third-order valence-corrected chi connectivity index (χ3v) is 6.71. The molecule has 0 spiro atoms. The van der Waals surface area contributed by atoms with Crippen molar-refractivity contribution in [3.8, 4) is 11.1 Å². The highest BCUT2D eigenvalue weighted by molar-refractivity contribution is 6.03. The number of benzene rings is 2. The lowest BCUT2D eigenvalue weighted by Gasteiger charge is -2.28. The van der Waals surface area contributed by atoms with Gasteiger partial charge in [-0.1, -0.05) is 24.3 Å². The maximum absolute atomic E-state index is 14.0. The van der Waals surface area contributed by atoms with Gasteiger partial charge in [-0.3, -0.25) is 9.89 Å². The Morgan fingerprint density at radius 1 is 1.08 bits per heavy atom. The Bertz CT molecular complexity index is 1590. The van der Waals surface area contributed by atoms with Gasteiger partial charge in [0.2, 0.25) is 5.95 Å². The number of anilines is 4. The Balaban J connectivity index is 1.16. The van der Waals surface area contributed by atoms with Crippen molar-refractivity contribution in [2.45, 2.75) is 13.0 Å². The van der Waals surface area contributed by atoms with Crippen LogP contribution in [0.5, 0.6) is 0 Å². The van der Waals surface area contributed by atoms with Gasteiger partial charge < -0.3 is 20.1 Å². The second kappa shape index (κ2) is 9.81. The van der Waals surface area contributed by atoms with E-state index in [9.17, 15) is 9.18 Å². The van der Waals surface area contributed by atoms with Gasteiger partial charge in [-0.05, 0) is 53.9 Å². The summed E-state index contributed by atoms with van der Waals surface area (Å²) in [5.41, 5.74) is 5.75. The van der Waals surface area contributed by atoms with Crippen molar-refractivity contribution in [2.24, 2.45) is 7.05 Å². The largest absolute Gasteiger partial charge is 0.342 e. The summed E-state index contributed by atoms with van der Waals surface area (Å²) >= 11 is 0. The molecule has 3 N–H and O–H groups in total. The molecule has 3 aromatic heterocycles. The van der Waals surface area contributed by atoms with Gasteiger partial charge in [-0.25, -0.2) is 9.37 Å². The highest BCUT2D eigenvalue weighted by atomic mass is 19.1. The predicted molar refractivity (Wildman–Crippen MR) is 144 cm³/mol. The molecule has 0 saturated heterocycles. The standard InChI is InChI=1S/C28H25FN8O/c1-36-24(27(38)34-23-5-3-2-4-22(23)29)14-19-11-13-37(17-25(19)36)28-30-12-10-26(35-28)33-21-8-6-18(7-9-21)20-15-31-32-16-20/h2-10,12,14-16H,11,13,17H2,1H3,(H,31,32)(H,34,38)(H,30,33,35). The smallest absolute Gasteiger partial charge is 0.272 e. The molecule has 4 heterocycles. The summed E-state index contributed by atoms with van der Waals surface area (Å²) in [6, 6.07) is 17.9. The fourth-order valence-corrected chi connectivity index (χ4v) is 4.66. The van der Waals surface area contributed by atoms with Crippen molar-refractivity contribution >= 4 is 29.0 Å². The number of rotatable bonds is 6. The summed E-state index contributed by atoms with van der Waals surface area (Å²) in [6.07, 6.45) is 6.12. The van der Waals surface area contributed by atoms with Crippen LogP contribution in [0.25, 0.3) is 11.1 Å². The van der Waals surface area contributed by atoms with Gasteiger partial charge in [0.15, 0.2) is 0 Å². The number of hydrogen-bond acceptors (Lipinski definition) is 6. The molecule has 0 radical (unpaired) electrons. The molecule has 1 aliphatic heterocycles. The van der Waals surface area contributed by atoms with Crippen LogP contribution in [0, 0.1) is 5.82 Å². The molecule has 9 nitrogen and oxygen atoms in total. The van der Waals surface area contributed by atoms with Gasteiger partial charge >= 0.3 is 0 Å². The first kappa shape index (κ1) is 23.4.